The molecule has 2 aliphatic heterocycles. The van der Waals surface area contributed by atoms with Gasteiger partial charge in [-0.1, -0.05) is 0 Å². The van der Waals surface area contributed by atoms with Crippen molar-refractivity contribution in [3.63, 3.8) is 0 Å². The standard InChI is InChI=1S/C20H22O4/c21-17-19-13-5-1-3-7-9(5)15-11(13)12-14(20(15,19)18(22)23-7)6-2-4-8(24-17)10(6)16(12)19/h5-17,21H,1-4H2/t5-,6+,7+,8-,9+,10+,11-,12+,13-,14+,15-,16+,17-,19+,20+/m0/s1. The van der Waals surface area contributed by atoms with Gasteiger partial charge in [0.1, 0.15) is 6.10 Å². The van der Waals surface area contributed by atoms with E-state index in [4.69, 9.17) is 9.47 Å². The van der Waals surface area contributed by atoms with Crippen molar-refractivity contribution in [2.24, 2.45) is 70.0 Å². The lowest BCUT2D eigenvalue weighted by Gasteiger charge is -2.65. The number of aliphatic hydroxyl groups excluding tert-OH is 1. The first-order valence-electron chi connectivity index (χ1n) is 10.3. The zero-order chi connectivity index (χ0) is 15.3. The molecule has 4 nitrogen and oxygen atoms in total. The summed E-state index contributed by atoms with van der Waals surface area (Å²) in [4.78, 5) is 13.6. The Balaban J connectivity index is 1.44. The quantitative estimate of drug-likeness (QED) is 0.684. The summed E-state index contributed by atoms with van der Waals surface area (Å²) in [6.07, 6.45) is 4.37. The van der Waals surface area contributed by atoms with Gasteiger partial charge >= 0.3 is 5.97 Å². The predicted molar refractivity (Wildman–Crippen MR) is 79.0 cm³/mol. The Labute approximate surface area is 140 Å². The molecule has 0 radical (unpaired) electrons. The molecule has 0 amide bonds. The highest BCUT2D eigenvalue weighted by Crippen LogP contribution is 2.99. The Morgan fingerprint density at radius 2 is 1.54 bits per heavy atom. The number of esters is 1. The van der Waals surface area contributed by atoms with Crippen molar-refractivity contribution in [1.29, 1.82) is 0 Å². The Bertz CT molecular complexity index is 747. The van der Waals surface area contributed by atoms with E-state index in [2.05, 4.69) is 0 Å². The lowest BCUT2D eigenvalue weighted by atomic mass is 9.42. The van der Waals surface area contributed by atoms with Crippen molar-refractivity contribution in [3.8, 4) is 0 Å². The number of carbonyl (C=O) groups is 1. The lowest BCUT2D eigenvalue weighted by molar-refractivity contribution is -0.335. The predicted octanol–water partition coefficient (Wildman–Crippen LogP) is 1.42. The minimum Gasteiger partial charge on any atom is -0.462 e. The third-order valence-electron chi connectivity index (χ3n) is 11.5. The maximum atomic E-state index is 13.6. The summed E-state index contributed by atoms with van der Waals surface area (Å²) in [7, 11) is 0. The molecular formula is C20H22O4. The average molecular weight is 326 g/mol. The van der Waals surface area contributed by atoms with Gasteiger partial charge in [0.2, 0.25) is 0 Å². The number of rotatable bonds is 0. The molecule has 15 atom stereocenters. The second-order valence-corrected chi connectivity index (χ2v) is 10.7. The summed E-state index contributed by atoms with van der Waals surface area (Å²) in [5.74, 6) is 6.37. The van der Waals surface area contributed by atoms with Crippen molar-refractivity contribution in [1.82, 2.24) is 0 Å². The van der Waals surface area contributed by atoms with E-state index in [1.807, 2.05) is 0 Å². The van der Waals surface area contributed by atoms with Gasteiger partial charge in [0.15, 0.2) is 6.29 Å². The van der Waals surface area contributed by atoms with Crippen LogP contribution in [0.25, 0.3) is 0 Å². The molecule has 0 unspecified atom stereocenters. The highest BCUT2D eigenvalue weighted by molar-refractivity contribution is 5.85. The minimum atomic E-state index is -0.707. The molecule has 0 aromatic rings. The van der Waals surface area contributed by atoms with Gasteiger partial charge in [-0.25, -0.2) is 0 Å². The molecular weight excluding hydrogens is 304 g/mol. The molecule has 8 bridgehead atoms. The van der Waals surface area contributed by atoms with E-state index >= 15 is 0 Å². The van der Waals surface area contributed by atoms with Crippen LogP contribution in [0.15, 0.2) is 0 Å². The smallest absolute Gasteiger partial charge is 0.313 e. The maximum absolute atomic E-state index is 13.6. The summed E-state index contributed by atoms with van der Waals surface area (Å²) >= 11 is 0. The summed E-state index contributed by atoms with van der Waals surface area (Å²) in [5.41, 5.74) is -0.608. The topological polar surface area (TPSA) is 55.8 Å². The van der Waals surface area contributed by atoms with Crippen LogP contribution in [0.1, 0.15) is 25.7 Å². The summed E-state index contributed by atoms with van der Waals surface area (Å²) < 4.78 is 12.4. The fourth-order valence-corrected chi connectivity index (χ4v) is 12.3. The van der Waals surface area contributed by atoms with E-state index in [-0.39, 0.29) is 29.0 Å². The van der Waals surface area contributed by atoms with Crippen LogP contribution in [0, 0.1) is 70.0 Å². The molecule has 0 aromatic heterocycles. The highest BCUT2D eigenvalue weighted by atomic mass is 16.6. The van der Waals surface area contributed by atoms with Crippen molar-refractivity contribution < 1.29 is 19.4 Å². The molecule has 10 rings (SSSR count). The second kappa shape index (κ2) is 2.90. The van der Waals surface area contributed by atoms with Crippen LogP contribution in [0.5, 0.6) is 0 Å². The monoisotopic (exact) mass is 326 g/mol. The van der Waals surface area contributed by atoms with Gasteiger partial charge in [-0.05, 0) is 78.9 Å². The van der Waals surface area contributed by atoms with E-state index in [0.29, 0.717) is 59.2 Å². The van der Waals surface area contributed by atoms with E-state index in [1.54, 1.807) is 0 Å². The molecule has 0 aromatic carbocycles. The van der Waals surface area contributed by atoms with E-state index < -0.39 is 6.29 Å². The Kier molecular flexibility index (Phi) is 1.44. The number of hydrogen-bond donors (Lipinski definition) is 1. The Morgan fingerprint density at radius 3 is 2.42 bits per heavy atom. The fraction of sp³-hybridized carbons (Fsp3) is 0.950. The first-order valence-corrected chi connectivity index (χ1v) is 10.3. The molecule has 8 aliphatic carbocycles. The van der Waals surface area contributed by atoms with E-state index in [0.717, 1.165) is 12.8 Å². The van der Waals surface area contributed by atoms with Crippen LogP contribution in [-0.4, -0.2) is 29.6 Å². The van der Waals surface area contributed by atoms with Gasteiger partial charge in [-0.15, -0.1) is 0 Å². The molecule has 1 N–H and O–H groups in total. The van der Waals surface area contributed by atoms with Gasteiger partial charge in [-0.2, -0.15) is 0 Å². The maximum Gasteiger partial charge on any atom is 0.313 e. The molecule has 10 aliphatic rings. The van der Waals surface area contributed by atoms with Gasteiger partial charge in [0.25, 0.3) is 0 Å². The molecule has 4 heteroatoms. The number of carbonyl (C=O) groups excluding carboxylic acids is 1. The SMILES string of the molecule is O=C1O[C@@H]2CC[C@H]3[C@H]2[C@H]2[C@H]4[C@@H]5[C@H]6[C@@H]7CC[C@@H]8O[C@H](O)[C@]([C@@H]5[C@H]78)([C@@H]34)[C@@]126. The summed E-state index contributed by atoms with van der Waals surface area (Å²) in [6.45, 7) is 0. The van der Waals surface area contributed by atoms with Crippen molar-refractivity contribution in [3.05, 3.63) is 0 Å². The van der Waals surface area contributed by atoms with Gasteiger partial charge < -0.3 is 14.6 Å². The molecule has 126 valence electrons. The Hall–Kier alpha value is -0.610. The van der Waals surface area contributed by atoms with Gasteiger partial charge in [0.05, 0.1) is 11.5 Å². The first kappa shape index (κ1) is 11.9. The van der Waals surface area contributed by atoms with Crippen molar-refractivity contribution in [2.75, 3.05) is 0 Å². The molecule has 24 heavy (non-hydrogen) atoms. The number of aliphatic hydroxyl groups is 1. The second-order valence-electron chi connectivity index (χ2n) is 10.7. The van der Waals surface area contributed by atoms with Crippen LogP contribution in [0.2, 0.25) is 0 Å². The molecule has 2 spiro atoms. The third kappa shape index (κ3) is 0.680. The highest BCUT2D eigenvalue weighted by Gasteiger charge is 3.02. The normalized spacial score (nSPS) is 81.9. The van der Waals surface area contributed by atoms with Gasteiger partial charge in [-0.3, -0.25) is 4.79 Å². The van der Waals surface area contributed by atoms with Crippen LogP contribution < -0.4 is 0 Å². The number of ether oxygens (including phenoxy) is 2. The number of hydrogen-bond acceptors (Lipinski definition) is 4. The molecule has 10 fully saturated rings. The summed E-state index contributed by atoms with van der Waals surface area (Å²) in [6, 6.07) is 0. The van der Waals surface area contributed by atoms with Crippen molar-refractivity contribution >= 4 is 5.97 Å². The molecule has 2 heterocycles. The minimum absolute atomic E-state index is 0.100. The first-order chi connectivity index (χ1) is 11.7. The van der Waals surface area contributed by atoms with Crippen LogP contribution in [0.4, 0.5) is 0 Å². The largest absolute Gasteiger partial charge is 0.462 e. The average Bonchev–Trinajstić information content (AvgIpc) is 3.34. The van der Waals surface area contributed by atoms with Crippen LogP contribution in [0.3, 0.4) is 0 Å². The summed E-state index contributed by atoms with van der Waals surface area (Å²) in [5, 5.41) is 11.4. The molecule has 2 saturated heterocycles. The van der Waals surface area contributed by atoms with Crippen LogP contribution >= 0.6 is 0 Å². The lowest BCUT2D eigenvalue weighted by Crippen LogP contribution is -2.72. The van der Waals surface area contributed by atoms with E-state index in [9.17, 15) is 9.90 Å². The van der Waals surface area contributed by atoms with E-state index in [1.165, 1.54) is 12.8 Å². The zero-order valence-corrected chi connectivity index (χ0v) is 13.5. The van der Waals surface area contributed by atoms with Gasteiger partial charge in [0, 0.05) is 11.3 Å². The Morgan fingerprint density at radius 1 is 0.833 bits per heavy atom. The molecule has 8 saturated carbocycles. The zero-order valence-electron chi connectivity index (χ0n) is 13.5. The van der Waals surface area contributed by atoms with Crippen molar-refractivity contribution in [2.45, 2.75) is 44.2 Å². The van der Waals surface area contributed by atoms with Crippen LogP contribution in [-0.2, 0) is 14.3 Å². The third-order valence-corrected chi connectivity index (χ3v) is 11.5. The fourth-order valence-electron chi connectivity index (χ4n) is 12.3.